The maximum absolute atomic E-state index is 5.09. The molecule has 0 aromatic carbocycles. The van der Waals surface area contributed by atoms with E-state index < -0.39 is 0 Å². The molecule has 0 amide bonds. The van der Waals surface area contributed by atoms with Crippen LogP contribution in [0.25, 0.3) is 0 Å². The molecule has 0 radical (unpaired) electrons. The normalized spacial score (nSPS) is 20.6. The van der Waals surface area contributed by atoms with Gasteiger partial charge in [-0.3, -0.25) is 4.31 Å². The van der Waals surface area contributed by atoms with E-state index >= 15 is 0 Å². The molecule has 0 aliphatic carbocycles. The van der Waals surface area contributed by atoms with Gasteiger partial charge in [-0.25, -0.2) is 0 Å². The Kier molecular flexibility index (Phi) is 5.86. The zero-order chi connectivity index (χ0) is 10.4. The third kappa shape index (κ3) is 3.77. The lowest BCUT2D eigenvalue weighted by atomic mass is 10.1. The quantitative estimate of drug-likeness (QED) is 0.646. The monoisotopic (exact) mass is 218 g/mol. The van der Waals surface area contributed by atoms with Gasteiger partial charge in [0.1, 0.15) is 0 Å². The van der Waals surface area contributed by atoms with Gasteiger partial charge in [0, 0.05) is 32.8 Å². The Morgan fingerprint density at radius 2 is 2.07 bits per heavy atom. The van der Waals surface area contributed by atoms with Gasteiger partial charge < -0.3 is 9.64 Å². The van der Waals surface area contributed by atoms with Crippen molar-refractivity contribution in [3.8, 4) is 0 Å². The molecule has 3 nitrogen and oxygen atoms in total. The molecule has 0 aromatic heterocycles. The number of hydrogen-bond acceptors (Lipinski definition) is 4. The first-order valence-electron chi connectivity index (χ1n) is 5.26. The summed E-state index contributed by atoms with van der Waals surface area (Å²) in [6.45, 7) is 4.35. The lowest BCUT2D eigenvalue weighted by Crippen LogP contribution is -2.42. The van der Waals surface area contributed by atoms with Crippen molar-refractivity contribution in [3.05, 3.63) is 0 Å². The molecular formula is C10H22N2OS. The second-order valence-electron chi connectivity index (χ2n) is 3.82. The number of ether oxygens (including phenoxy) is 1. The zero-order valence-corrected chi connectivity index (χ0v) is 10.3. The summed E-state index contributed by atoms with van der Waals surface area (Å²) in [5.41, 5.74) is 0. The fourth-order valence-corrected chi connectivity index (χ4v) is 2.46. The summed E-state index contributed by atoms with van der Waals surface area (Å²) in [4.78, 5) is 2.43. The lowest BCUT2D eigenvalue weighted by Gasteiger charge is -2.35. The van der Waals surface area contributed by atoms with Gasteiger partial charge in [-0.15, -0.1) is 0 Å². The molecule has 0 N–H and O–H groups in total. The second-order valence-corrected chi connectivity index (χ2v) is 4.70. The van der Waals surface area contributed by atoms with Crippen LogP contribution in [0.1, 0.15) is 12.8 Å². The first-order valence-corrected chi connectivity index (χ1v) is 6.44. The summed E-state index contributed by atoms with van der Waals surface area (Å²) < 4.78 is 7.53. The van der Waals surface area contributed by atoms with Crippen LogP contribution >= 0.6 is 11.9 Å². The molecule has 1 rings (SSSR count). The van der Waals surface area contributed by atoms with Crippen LogP contribution in [0.4, 0.5) is 0 Å². The average molecular weight is 218 g/mol. The van der Waals surface area contributed by atoms with E-state index in [4.69, 9.17) is 4.74 Å². The van der Waals surface area contributed by atoms with Gasteiger partial charge in [-0.2, -0.15) is 0 Å². The number of piperidine rings is 1. The van der Waals surface area contributed by atoms with Gasteiger partial charge in [0.15, 0.2) is 0 Å². The number of methoxy groups -OCH3 is 1. The molecular weight excluding hydrogens is 196 g/mol. The van der Waals surface area contributed by atoms with Crippen molar-refractivity contribution < 1.29 is 4.74 Å². The molecule has 14 heavy (non-hydrogen) atoms. The SMILES string of the molecule is COCCN(C)C1CCN(SC)CC1. The van der Waals surface area contributed by atoms with Crippen LogP contribution in [0.15, 0.2) is 0 Å². The highest BCUT2D eigenvalue weighted by Crippen LogP contribution is 2.19. The van der Waals surface area contributed by atoms with Gasteiger partial charge in [0.05, 0.1) is 6.61 Å². The summed E-state index contributed by atoms with van der Waals surface area (Å²) in [5.74, 6) is 0. The molecule has 1 aliphatic rings. The molecule has 1 fully saturated rings. The first kappa shape index (κ1) is 12.3. The number of hydrogen-bond donors (Lipinski definition) is 0. The van der Waals surface area contributed by atoms with Crippen LogP contribution in [-0.4, -0.2) is 61.9 Å². The van der Waals surface area contributed by atoms with Gasteiger partial charge in [-0.05, 0) is 26.1 Å². The third-order valence-corrected chi connectivity index (χ3v) is 3.83. The molecule has 0 aromatic rings. The van der Waals surface area contributed by atoms with E-state index in [1.807, 2.05) is 11.9 Å². The van der Waals surface area contributed by atoms with Crippen molar-refractivity contribution in [3.63, 3.8) is 0 Å². The van der Waals surface area contributed by atoms with Crippen molar-refractivity contribution in [2.75, 3.05) is 46.7 Å². The van der Waals surface area contributed by atoms with Crippen molar-refractivity contribution in [1.82, 2.24) is 9.21 Å². The Bertz CT molecular complexity index is 149. The summed E-state index contributed by atoms with van der Waals surface area (Å²) in [5, 5.41) is 0. The average Bonchev–Trinajstić information content (AvgIpc) is 2.26. The van der Waals surface area contributed by atoms with Gasteiger partial charge in [-0.1, -0.05) is 11.9 Å². The fraction of sp³-hybridized carbons (Fsp3) is 1.00. The molecule has 1 aliphatic heterocycles. The van der Waals surface area contributed by atoms with Gasteiger partial charge in [0.2, 0.25) is 0 Å². The number of nitrogens with zero attached hydrogens (tertiary/aromatic N) is 2. The Morgan fingerprint density at radius 1 is 1.43 bits per heavy atom. The van der Waals surface area contributed by atoms with Crippen molar-refractivity contribution in [2.45, 2.75) is 18.9 Å². The Morgan fingerprint density at radius 3 is 2.57 bits per heavy atom. The number of rotatable bonds is 5. The Labute approximate surface area is 91.9 Å². The largest absolute Gasteiger partial charge is 0.383 e. The van der Waals surface area contributed by atoms with Gasteiger partial charge in [0.25, 0.3) is 0 Å². The van der Waals surface area contributed by atoms with Crippen molar-refractivity contribution in [1.29, 1.82) is 0 Å². The minimum absolute atomic E-state index is 0.758. The van der Waals surface area contributed by atoms with Crippen LogP contribution in [-0.2, 0) is 4.74 Å². The van der Waals surface area contributed by atoms with E-state index in [1.54, 1.807) is 7.11 Å². The zero-order valence-electron chi connectivity index (χ0n) is 9.53. The maximum Gasteiger partial charge on any atom is 0.0589 e. The molecule has 0 unspecified atom stereocenters. The summed E-state index contributed by atoms with van der Waals surface area (Å²) in [7, 11) is 3.97. The lowest BCUT2D eigenvalue weighted by molar-refractivity contribution is 0.117. The second kappa shape index (κ2) is 6.67. The molecule has 0 atom stereocenters. The predicted molar refractivity (Wildman–Crippen MR) is 62.6 cm³/mol. The minimum Gasteiger partial charge on any atom is -0.383 e. The van der Waals surface area contributed by atoms with Crippen molar-refractivity contribution in [2.24, 2.45) is 0 Å². The summed E-state index contributed by atoms with van der Waals surface area (Å²) >= 11 is 1.87. The smallest absolute Gasteiger partial charge is 0.0589 e. The van der Waals surface area contributed by atoms with E-state index in [0.717, 1.165) is 19.2 Å². The van der Waals surface area contributed by atoms with Crippen LogP contribution in [0.2, 0.25) is 0 Å². The third-order valence-electron chi connectivity index (χ3n) is 2.95. The van der Waals surface area contributed by atoms with Gasteiger partial charge >= 0.3 is 0 Å². The highest BCUT2D eigenvalue weighted by atomic mass is 32.2. The van der Waals surface area contributed by atoms with Crippen molar-refractivity contribution >= 4 is 11.9 Å². The first-order chi connectivity index (χ1) is 6.77. The minimum atomic E-state index is 0.758. The van der Waals surface area contributed by atoms with E-state index in [1.165, 1.54) is 25.9 Å². The molecule has 0 spiro atoms. The Balaban J connectivity index is 2.19. The molecule has 1 saturated heterocycles. The van der Waals surface area contributed by atoms with Crippen LogP contribution in [0.3, 0.4) is 0 Å². The van der Waals surface area contributed by atoms with Crippen LogP contribution in [0.5, 0.6) is 0 Å². The molecule has 0 saturated carbocycles. The standard InChI is InChI=1S/C10H22N2OS/c1-11(8-9-13-2)10-4-6-12(14-3)7-5-10/h10H,4-9H2,1-3H3. The highest BCUT2D eigenvalue weighted by molar-refractivity contribution is 7.96. The summed E-state index contributed by atoms with van der Waals surface area (Å²) in [6.07, 6.45) is 4.75. The maximum atomic E-state index is 5.09. The molecule has 4 heteroatoms. The Hall–Kier alpha value is 0.230. The van der Waals surface area contributed by atoms with Crippen LogP contribution in [0, 0.1) is 0 Å². The van der Waals surface area contributed by atoms with E-state index in [9.17, 15) is 0 Å². The fourth-order valence-electron chi connectivity index (χ4n) is 1.88. The van der Waals surface area contributed by atoms with E-state index in [-0.39, 0.29) is 0 Å². The topological polar surface area (TPSA) is 15.7 Å². The van der Waals surface area contributed by atoms with Crippen LogP contribution < -0.4 is 0 Å². The molecule has 0 bridgehead atoms. The summed E-state index contributed by atoms with van der Waals surface area (Å²) in [6, 6.07) is 0.758. The predicted octanol–water partition coefficient (Wildman–Crippen LogP) is 1.31. The molecule has 84 valence electrons. The molecule has 1 heterocycles. The van der Waals surface area contributed by atoms with E-state index in [2.05, 4.69) is 22.5 Å². The highest BCUT2D eigenvalue weighted by Gasteiger charge is 2.21. The number of likely N-dealkylation sites (N-methyl/N-ethyl adjacent to an activating group) is 1. The van der Waals surface area contributed by atoms with E-state index in [0.29, 0.717) is 0 Å².